The Hall–Kier alpha value is -2.34. The van der Waals surface area contributed by atoms with Gasteiger partial charge in [0.05, 0.1) is 10.6 Å². The molecule has 0 atom stereocenters. The fourth-order valence-electron chi connectivity index (χ4n) is 3.45. The van der Waals surface area contributed by atoms with Gasteiger partial charge in [-0.05, 0) is 61.1 Å². The van der Waals surface area contributed by atoms with Crippen LogP contribution in [0, 0.1) is 0 Å². The zero-order valence-corrected chi connectivity index (χ0v) is 16.7. The van der Waals surface area contributed by atoms with Gasteiger partial charge in [-0.15, -0.1) is 0 Å². The maximum absolute atomic E-state index is 12.9. The number of carbonyl (C=O) groups excluding carboxylic acids is 1. The summed E-state index contributed by atoms with van der Waals surface area (Å²) >= 11 is 0. The number of nitrogens with zero attached hydrogens (tertiary/aromatic N) is 1. The molecule has 1 N–H and O–H groups in total. The molecule has 5 nitrogen and oxygen atoms in total. The summed E-state index contributed by atoms with van der Waals surface area (Å²) in [4.78, 5) is 14.4. The number of anilines is 1. The fourth-order valence-corrected chi connectivity index (χ4v) is 4.59. The molecule has 0 bridgehead atoms. The van der Waals surface area contributed by atoms with Crippen molar-refractivity contribution in [3.05, 3.63) is 59.2 Å². The molecule has 1 aliphatic heterocycles. The van der Waals surface area contributed by atoms with E-state index < -0.39 is 10.0 Å². The number of benzene rings is 2. The van der Waals surface area contributed by atoms with Gasteiger partial charge in [0.25, 0.3) is 15.9 Å². The molecule has 1 heterocycles. The molecule has 1 saturated heterocycles. The Morgan fingerprint density at radius 1 is 0.963 bits per heavy atom. The normalized spacial score (nSPS) is 14.4. The van der Waals surface area contributed by atoms with Crippen molar-refractivity contribution in [3.63, 3.8) is 0 Å². The third-order valence-electron chi connectivity index (χ3n) is 5.04. The van der Waals surface area contributed by atoms with E-state index in [0.717, 1.165) is 49.9 Å². The van der Waals surface area contributed by atoms with Crippen molar-refractivity contribution in [1.29, 1.82) is 0 Å². The Kier molecular flexibility index (Phi) is 5.85. The Morgan fingerprint density at radius 2 is 1.52 bits per heavy atom. The van der Waals surface area contributed by atoms with E-state index in [9.17, 15) is 13.2 Å². The predicted octanol–water partition coefficient (Wildman–Crippen LogP) is 3.85. The van der Waals surface area contributed by atoms with Crippen molar-refractivity contribution in [2.24, 2.45) is 0 Å². The van der Waals surface area contributed by atoms with Crippen LogP contribution in [0.15, 0.2) is 47.4 Å². The number of amides is 1. The minimum Gasteiger partial charge on any atom is -0.339 e. The molecule has 1 aliphatic rings. The van der Waals surface area contributed by atoms with Crippen LogP contribution in [0.2, 0.25) is 0 Å². The van der Waals surface area contributed by atoms with E-state index in [1.165, 1.54) is 12.1 Å². The van der Waals surface area contributed by atoms with Gasteiger partial charge in [-0.3, -0.25) is 9.52 Å². The summed E-state index contributed by atoms with van der Waals surface area (Å²) in [6, 6.07) is 12.0. The summed E-state index contributed by atoms with van der Waals surface area (Å²) < 4.78 is 28.5. The largest absolute Gasteiger partial charge is 0.339 e. The summed E-state index contributed by atoms with van der Waals surface area (Å²) in [5.74, 6) is -0.0333. The molecule has 27 heavy (non-hydrogen) atoms. The summed E-state index contributed by atoms with van der Waals surface area (Å²) in [7, 11) is -3.71. The number of sulfonamides is 1. The van der Waals surface area contributed by atoms with Crippen molar-refractivity contribution >= 4 is 21.6 Å². The topological polar surface area (TPSA) is 66.5 Å². The Bertz CT molecular complexity index is 893. The monoisotopic (exact) mass is 386 g/mol. The van der Waals surface area contributed by atoms with E-state index >= 15 is 0 Å². The number of hydrogen-bond donors (Lipinski definition) is 1. The smallest absolute Gasteiger partial charge is 0.261 e. The van der Waals surface area contributed by atoms with Gasteiger partial charge in [-0.2, -0.15) is 0 Å². The van der Waals surface area contributed by atoms with Gasteiger partial charge in [0, 0.05) is 18.7 Å². The van der Waals surface area contributed by atoms with E-state index in [0.29, 0.717) is 11.3 Å². The lowest BCUT2D eigenvalue weighted by Gasteiger charge is -2.17. The lowest BCUT2D eigenvalue weighted by atomic mass is 10.0. The van der Waals surface area contributed by atoms with Crippen LogP contribution in [-0.4, -0.2) is 32.3 Å². The molecule has 0 unspecified atom stereocenters. The highest BCUT2D eigenvalue weighted by Gasteiger charge is 2.21. The van der Waals surface area contributed by atoms with Crippen LogP contribution in [0.25, 0.3) is 0 Å². The van der Waals surface area contributed by atoms with Crippen LogP contribution in [0.4, 0.5) is 5.69 Å². The zero-order valence-electron chi connectivity index (χ0n) is 15.9. The van der Waals surface area contributed by atoms with Crippen LogP contribution in [-0.2, 0) is 22.9 Å². The number of nitrogens with one attached hydrogen (secondary N) is 1. The number of rotatable bonds is 6. The number of hydrogen-bond acceptors (Lipinski definition) is 3. The fraction of sp³-hybridized carbons (Fsp3) is 0.381. The maximum atomic E-state index is 12.9. The molecule has 0 aromatic heterocycles. The molecule has 3 rings (SSSR count). The first-order valence-electron chi connectivity index (χ1n) is 9.49. The highest BCUT2D eigenvalue weighted by atomic mass is 32.2. The molecule has 2 aromatic carbocycles. The highest BCUT2D eigenvalue weighted by molar-refractivity contribution is 7.92. The van der Waals surface area contributed by atoms with Crippen molar-refractivity contribution < 1.29 is 13.2 Å². The second kappa shape index (κ2) is 8.13. The zero-order chi connectivity index (χ0) is 19.4. The Balaban J connectivity index is 1.84. The third kappa shape index (κ3) is 4.16. The Morgan fingerprint density at radius 3 is 2.04 bits per heavy atom. The number of para-hydroxylation sites is 1. The van der Waals surface area contributed by atoms with Gasteiger partial charge in [0.2, 0.25) is 0 Å². The van der Waals surface area contributed by atoms with Gasteiger partial charge in [-0.1, -0.05) is 32.0 Å². The second-order valence-electron chi connectivity index (χ2n) is 6.79. The highest BCUT2D eigenvalue weighted by Crippen LogP contribution is 2.26. The first-order chi connectivity index (χ1) is 13.0. The summed E-state index contributed by atoms with van der Waals surface area (Å²) in [5.41, 5.74) is 3.14. The van der Waals surface area contributed by atoms with E-state index in [1.54, 1.807) is 12.1 Å². The van der Waals surface area contributed by atoms with Crippen LogP contribution >= 0.6 is 0 Å². The summed E-state index contributed by atoms with van der Waals surface area (Å²) in [6.07, 6.45) is 3.54. The molecule has 144 valence electrons. The standard InChI is InChI=1S/C21H26N2O3S/c1-3-16-8-7-9-17(4-2)20(16)22-27(25,26)19-12-10-18(11-13-19)21(24)23-14-5-6-15-23/h7-13,22H,3-6,14-15H2,1-2H3. The average Bonchev–Trinajstić information content (AvgIpc) is 3.22. The van der Waals surface area contributed by atoms with Crippen molar-refractivity contribution in [2.75, 3.05) is 17.8 Å². The molecule has 0 radical (unpaired) electrons. The number of likely N-dealkylation sites (tertiary alicyclic amines) is 1. The van der Waals surface area contributed by atoms with Gasteiger partial charge >= 0.3 is 0 Å². The van der Waals surface area contributed by atoms with Crippen LogP contribution in [0.1, 0.15) is 48.2 Å². The summed E-state index contributed by atoms with van der Waals surface area (Å²) in [6.45, 7) is 5.55. The average molecular weight is 387 g/mol. The third-order valence-corrected chi connectivity index (χ3v) is 6.41. The maximum Gasteiger partial charge on any atom is 0.261 e. The van der Waals surface area contributed by atoms with Gasteiger partial charge in [0.1, 0.15) is 0 Å². The number of carbonyl (C=O) groups is 1. The molecule has 2 aromatic rings. The van der Waals surface area contributed by atoms with Gasteiger partial charge in [0.15, 0.2) is 0 Å². The first kappa shape index (κ1) is 19.4. The second-order valence-corrected chi connectivity index (χ2v) is 8.47. The molecular formula is C21H26N2O3S. The minimum absolute atomic E-state index is 0.0333. The van der Waals surface area contributed by atoms with E-state index in [4.69, 9.17) is 0 Å². The minimum atomic E-state index is -3.71. The lowest BCUT2D eigenvalue weighted by molar-refractivity contribution is 0.0792. The van der Waals surface area contributed by atoms with Gasteiger partial charge < -0.3 is 4.90 Å². The lowest BCUT2D eigenvalue weighted by Crippen LogP contribution is -2.27. The Labute approximate surface area is 161 Å². The van der Waals surface area contributed by atoms with E-state index in [2.05, 4.69) is 4.72 Å². The molecular weight excluding hydrogens is 360 g/mol. The van der Waals surface area contributed by atoms with Crippen LogP contribution in [0.3, 0.4) is 0 Å². The molecule has 0 aliphatic carbocycles. The van der Waals surface area contributed by atoms with Crippen molar-refractivity contribution in [3.8, 4) is 0 Å². The predicted molar refractivity (Wildman–Crippen MR) is 108 cm³/mol. The first-order valence-corrected chi connectivity index (χ1v) is 11.0. The van der Waals surface area contributed by atoms with Crippen LogP contribution in [0.5, 0.6) is 0 Å². The molecule has 1 fully saturated rings. The SMILES string of the molecule is CCc1cccc(CC)c1NS(=O)(=O)c1ccc(C(=O)N2CCCC2)cc1. The molecule has 0 spiro atoms. The van der Waals surface area contributed by atoms with Crippen molar-refractivity contribution in [2.45, 2.75) is 44.4 Å². The van der Waals surface area contributed by atoms with Gasteiger partial charge in [-0.25, -0.2) is 8.42 Å². The van der Waals surface area contributed by atoms with Crippen molar-refractivity contribution in [1.82, 2.24) is 4.90 Å². The number of aryl methyl sites for hydroxylation is 2. The molecule has 1 amide bonds. The van der Waals surface area contributed by atoms with E-state index in [-0.39, 0.29) is 10.8 Å². The molecule has 6 heteroatoms. The quantitative estimate of drug-likeness (QED) is 0.820. The van der Waals surface area contributed by atoms with Crippen LogP contribution < -0.4 is 4.72 Å². The van der Waals surface area contributed by atoms with E-state index in [1.807, 2.05) is 36.9 Å². The summed E-state index contributed by atoms with van der Waals surface area (Å²) in [5, 5.41) is 0. The molecule has 0 saturated carbocycles.